The number of aliphatic carboxylic acids is 1. The van der Waals surface area contributed by atoms with Gasteiger partial charge in [-0.3, -0.25) is 4.79 Å². The molecule has 0 aliphatic heterocycles. The minimum atomic E-state index is -0.823. The smallest absolute Gasteiger partial charge is 0.306 e. The van der Waals surface area contributed by atoms with E-state index in [1.807, 2.05) is 20.8 Å². The summed E-state index contributed by atoms with van der Waals surface area (Å²) in [6, 6.07) is 0. The lowest BCUT2D eigenvalue weighted by Crippen LogP contribution is -2.47. The maximum absolute atomic E-state index is 12.0. The van der Waals surface area contributed by atoms with Gasteiger partial charge in [-0.15, -0.1) is 5.01 Å². The molecule has 1 aliphatic rings. The molecule has 0 spiro atoms. The van der Waals surface area contributed by atoms with Crippen LogP contribution in [0, 0.1) is 11.1 Å². The zero-order valence-corrected chi connectivity index (χ0v) is 13.1. The molecule has 0 saturated heterocycles. The lowest BCUT2D eigenvalue weighted by molar-refractivity contribution is -0.726. The van der Waals surface area contributed by atoms with E-state index in [1.54, 1.807) is 7.11 Å². The van der Waals surface area contributed by atoms with Gasteiger partial charge >= 0.3 is 5.97 Å². The largest absolute Gasteiger partial charge is 0.569 e. The van der Waals surface area contributed by atoms with Gasteiger partial charge in [0.05, 0.1) is 23.0 Å². The first-order valence-corrected chi connectivity index (χ1v) is 7.09. The minimum absolute atomic E-state index is 0.313. The monoisotopic (exact) mass is 303 g/mol. The van der Waals surface area contributed by atoms with E-state index < -0.39 is 17.4 Å². The molecular weight excluding hydrogens is 278 g/mol. The number of hydrogen-bond donors (Lipinski definition) is 1. The number of rotatable bonds is 7. The third kappa shape index (κ3) is 5.37. The van der Waals surface area contributed by atoms with Crippen LogP contribution >= 0.6 is 0 Å². The van der Waals surface area contributed by atoms with Gasteiger partial charge in [0.25, 0.3) is 0 Å². The van der Waals surface area contributed by atoms with E-state index in [2.05, 4.69) is 5.28 Å². The number of ether oxygens (including phenoxy) is 1. The number of carboxylic acids is 1. The molecule has 0 heterocycles. The SMILES string of the molecule is COCCN(/[N+]([O-])=N/O[C@@H]1CC[C@H](C(=O)O)C1)C(C)(C)C. The molecule has 122 valence electrons. The van der Waals surface area contributed by atoms with Crippen molar-refractivity contribution in [3.05, 3.63) is 5.21 Å². The maximum atomic E-state index is 12.0. The van der Waals surface area contributed by atoms with Gasteiger partial charge in [0, 0.05) is 13.5 Å². The van der Waals surface area contributed by atoms with Crippen molar-refractivity contribution in [2.75, 3.05) is 20.3 Å². The highest BCUT2D eigenvalue weighted by Crippen LogP contribution is 2.28. The Morgan fingerprint density at radius 3 is 2.62 bits per heavy atom. The van der Waals surface area contributed by atoms with E-state index in [0.29, 0.717) is 37.4 Å². The molecule has 0 bridgehead atoms. The van der Waals surface area contributed by atoms with Crippen LogP contribution in [0.25, 0.3) is 0 Å². The maximum Gasteiger partial charge on any atom is 0.306 e. The number of hydrazine groups is 1. The average molecular weight is 303 g/mol. The van der Waals surface area contributed by atoms with Crippen LogP contribution in [0.5, 0.6) is 0 Å². The highest BCUT2D eigenvalue weighted by atomic mass is 16.7. The second-order valence-electron chi connectivity index (χ2n) is 6.20. The molecule has 1 fully saturated rings. The predicted molar refractivity (Wildman–Crippen MR) is 74.2 cm³/mol. The molecule has 8 nitrogen and oxygen atoms in total. The van der Waals surface area contributed by atoms with Crippen molar-refractivity contribution in [2.45, 2.75) is 51.7 Å². The molecule has 1 saturated carbocycles. The Bertz CT molecular complexity index is 380. The number of carboxylic acid groups (broad SMARTS) is 1. The van der Waals surface area contributed by atoms with E-state index in [-0.39, 0.29) is 6.10 Å². The fourth-order valence-electron chi connectivity index (χ4n) is 2.27. The lowest BCUT2D eigenvalue weighted by atomic mass is 10.1. The molecular formula is C13H25N3O5. The van der Waals surface area contributed by atoms with Crippen molar-refractivity contribution >= 4 is 5.97 Å². The standard InChI is InChI=1S/C13H25N3O5/c1-13(2,3)15(7-8-20-4)16(19)14-21-11-6-5-10(9-11)12(17)18/h10-11H,5-9H2,1-4H3,(H,17,18)/b16-14-/t10-,11+/m0/s1. The Kier molecular flexibility index (Phi) is 6.19. The van der Waals surface area contributed by atoms with Crippen LogP contribution in [0.1, 0.15) is 40.0 Å². The fraction of sp³-hybridized carbons (Fsp3) is 0.923. The summed E-state index contributed by atoms with van der Waals surface area (Å²) in [6.07, 6.45) is 1.23. The van der Waals surface area contributed by atoms with Gasteiger partial charge in [-0.1, -0.05) is 0 Å². The molecule has 0 aromatic rings. The molecule has 1 N–H and O–H groups in total. The minimum Gasteiger partial charge on any atom is -0.569 e. The van der Waals surface area contributed by atoms with Crippen molar-refractivity contribution < 1.29 is 24.4 Å². The van der Waals surface area contributed by atoms with Crippen molar-refractivity contribution in [1.29, 1.82) is 0 Å². The summed E-state index contributed by atoms with van der Waals surface area (Å²) in [4.78, 5) is 16.5. The molecule has 1 aliphatic carbocycles. The summed E-state index contributed by atoms with van der Waals surface area (Å²) in [6.45, 7) is 6.45. The summed E-state index contributed by atoms with van der Waals surface area (Å²) >= 11 is 0. The number of methoxy groups -OCH3 is 1. The second-order valence-corrected chi connectivity index (χ2v) is 6.20. The molecule has 0 aromatic carbocycles. The normalized spacial score (nSPS) is 23.1. The molecule has 8 heteroatoms. The first-order chi connectivity index (χ1) is 9.75. The van der Waals surface area contributed by atoms with Gasteiger partial charge in [-0.2, -0.15) is 0 Å². The van der Waals surface area contributed by atoms with Crippen molar-refractivity contribution in [1.82, 2.24) is 5.01 Å². The highest BCUT2D eigenvalue weighted by molar-refractivity contribution is 5.70. The van der Waals surface area contributed by atoms with Crippen molar-refractivity contribution in [2.24, 2.45) is 11.2 Å². The third-order valence-electron chi connectivity index (χ3n) is 3.49. The van der Waals surface area contributed by atoms with Crippen molar-refractivity contribution in [3.8, 4) is 0 Å². The van der Waals surface area contributed by atoms with E-state index in [0.717, 1.165) is 0 Å². The Labute approximate surface area is 124 Å². The number of nitrogens with zero attached hydrogens (tertiary/aromatic N) is 3. The van der Waals surface area contributed by atoms with Crippen LogP contribution in [0.4, 0.5) is 0 Å². The van der Waals surface area contributed by atoms with Gasteiger partial charge in [0.15, 0.2) is 0 Å². The number of carbonyl (C=O) groups is 1. The highest BCUT2D eigenvalue weighted by Gasteiger charge is 2.33. The summed E-state index contributed by atoms with van der Waals surface area (Å²) in [5.41, 5.74) is -0.424. The van der Waals surface area contributed by atoms with Crippen LogP contribution in [0.15, 0.2) is 5.28 Å². The van der Waals surface area contributed by atoms with Crippen LogP contribution < -0.4 is 0 Å². The fourth-order valence-corrected chi connectivity index (χ4v) is 2.27. The molecule has 1 rings (SSSR count). The second kappa shape index (κ2) is 7.44. The summed E-state index contributed by atoms with van der Waals surface area (Å²) < 4.78 is 4.98. The number of hydrogen-bond acceptors (Lipinski definition) is 5. The van der Waals surface area contributed by atoms with Gasteiger partial charge in [0.1, 0.15) is 12.6 Å². The zero-order valence-electron chi connectivity index (χ0n) is 13.1. The quantitative estimate of drug-likeness (QED) is 0.437. The summed E-state index contributed by atoms with van der Waals surface area (Å²) in [5.74, 6) is -1.23. The Morgan fingerprint density at radius 2 is 2.14 bits per heavy atom. The first kappa shape index (κ1) is 17.5. The molecule has 0 unspecified atom stereocenters. The Balaban J connectivity index is 2.59. The van der Waals surface area contributed by atoms with E-state index in [9.17, 15) is 10.0 Å². The zero-order chi connectivity index (χ0) is 16.0. The van der Waals surface area contributed by atoms with Crippen LogP contribution in [0.2, 0.25) is 0 Å². The Morgan fingerprint density at radius 1 is 1.48 bits per heavy atom. The lowest BCUT2D eigenvalue weighted by Gasteiger charge is -2.30. The van der Waals surface area contributed by atoms with Crippen LogP contribution in [-0.4, -0.2) is 53.0 Å². The molecule has 0 radical (unpaired) electrons. The van der Waals surface area contributed by atoms with E-state index >= 15 is 0 Å². The van der Waals surface area contributed by atoms with Crippen molar-refractivity contribution in [3.63, 3.8) is 0 Å². The third-order valence-corrected chi connectivity index (χ3v) is 3.49. The van der Waals surface area contributed by atoms with E-state index in [1.165, 1.54) is 5.01 Å². The molecule has 21 heavy (non-hydrogen) atoms. The van der Waals surface area contributed by atoms with Gasteiger partial charge < -0.3 is 19.9 Å². The van der Waals surface area contributed by atoms with E-state index in [4.69, 9.17) is 14.7 Å². The topological polar surface area (TPSA) is 97.4 Å². The Hall–Kier alpha value is -1.57. The molecule has 2 atom stereocenters. The summed E-state index contributed by atoms with van der Waals surface area (Å²) in [5, 5.41) is 26.0. The van der Waals surface area contributed by atoms with Gasteiger partial charge in [-0.25, -0.2) is 0 Å². The van der Waals surface area contributed by atoms with Gasteiger partial charge in [-0.05, 0) is 33.6 Å². The molecule has 0 amide bonds. The first-order valence-electron chi connectivity index (χ1n) is 7.09. The summed E-state index contributed by atoms with van der Waals surface area (Å²) in [7, 11) is 1.56. The predicted octanol–water partition coefficient (Wildman–Crippen LogP) is 1.80. The van der Waals surface area contributed by atoms with Crippen LogP contribution in [0.3, 0.4) is 0 Å². The van der Waals surface area contributed by atoms with Crippen LogP contribution in [-0.2, 0) is 14.4 Å². The molecule has 0 aromatic heterocycles. The van der Waals surface area contributed by atoms with Gasteiger partial charge in [0.2, 0.25) is 5.28 Å². The average Bonchev–Trinajstić information content (AvgIpc) is 2.84.